The topological polar surface area (TPSA) is 55.4 Å². The van der Waals surface area contributed by atoms with Gasteiger partial charge in [0.15, 0.2) is 0 Å². The Hall–Kier alpha value is -3.00. The lowest BCUT2D eigenvalue weighted by atomic mass is 10.0. The van der Waals surface area contributed by atoms with Crippen molar-refractivity contribution in [1.29, 1.82) is 0 Å². The van der Waals surface area contributed by atoms with Gasteiger partial charge >= 0.3 is 6.18 Å². The molecule has 1 N–H and O–H groups in total. The number of amides is 2. The van der Waals surface area contributed by atoms with Crippen molar-refractivity contribution in [3.63, 3.8) is 0 Å². The van der Waals surface area contributed by atoms with Gasteiger partial charge in [0.2, 0.25) is 5.91 Å². The van der Waals surface area contributed by atoms with E-state index in [0.29, 0.717) is 12.2 Å². The van der Waals surface area contributed by atoms with E-state index in [1.54, 1.807) is 18.2 Å². The molecule has 1 aliphatic rings. The molecule has 1 heterocycles. The number of halogens is 3. The van der Waals surface area contributed by atoms with E-state index in [9.17, 15) is 22.8 Å². The summed E-state index contributed by atoms with van der Waals surface area (Å²) in [4.78, 5) is 23.0. The van der Waals surface area contributed by atoms with Crippen LogP contribution in [0.3, 0.4) is 0 Å². The van der Waals surface area contributed by atoms with Crippen LogP contribution in [0.2, 0.25) is 0 Å². The number of nitrogens with one attached hydrogen (secondary N) is 1. The number of rotatable bonds is 5. The second kappa shape index (κ2) is 8.02. The second-order valence-electron chi connectivity index (χ2n) is 6.87. The third-order valence-electron chi connectivity index (χ3n) is 4.78. The molecule has 0 radical (unpaired) electrons. The van der Waals surface area contributed by atoms with Crippen LogP contribution < -0.4 is 10.1 Å². The average Bonchev–Trinajstić information content (AvgIpc) is 3.02. The van der Waals surface area contributed by atoms with Crippen LogP contribution in [0.15, 0.2) is 60.7 Å². The van der Waals surface area contributed by atoms with Crippen LogP contribution in [0, 0.1) is 0 Å². The number of thioether (sulfide) groups is 1. The van der Waals surface area contributed by atoms with E-state index in [0.717, 1.165) is 34.2 Å². The lowest BCUT2D eigenvalue weighted by molar-refractivity contribution is -0.138. The fraction of sp³-hybridized carbons (Fsp3) is 0.182. The van der Waals surface area contributed by atoms with Crippen molar-refractivity contribution in [2.45, 2.75) is 24.5 Å². The molecular weight excluding hydrogens is 415 g/mol. The summed E-state index contributed by atoms with van der Waals surface area (Å²) in [6, 6.07) is 16.3. The summed E-state index contributed by atoms with van der Waals surface area (Å²) in [5.41, 5.74) is 0.280. The molecule has 0 spiro atoms. The predicted molar refractivity (Wildman–Crippen MR) is 108 cm³/mol. The molecule has 1 saturated heterocycles. The maximum atomic E-state index is 13.1. The van der Waals surface area contributed by atoms with Crippen molar-refractivity contribution >= 4 is 33.7 Å². The van der Waals surface area contributed by atoms with Crippen LogP contribution in [-0.4, -0.2) is 16.4 Å². The Bertz CT molecular complexity index is 1130. The minimum atomic E-state index is -4.43. The molecule has 2 amide bonds. The second-order valence-corrected chi connectivity index (χ2v) is 8.05. The average molecular weight is 431 g/mol. The molecule has 3 aromatic rings. The summed E-state index contributed by atoms with van der Waals surface area (Å²) < 4.78 is 44.9. The van der Waals surface area contributed by atoms with E-state index in [4.69, 9.17) is 4.74 Å². The standard InChI is InChI=1S/C22H16F3NO3S/c23-22(24,25)18-4-2-1-3-16(18)12-29-17-8-7-14-9-13(5-6-15(14)11-17)10-19-20(27)26-21(28)30-19/h1-9,11,19H,10,12H2,(H,26,27,28). The molecule has 3 aromatic carbocycles. The van der Waals surface area contributed by atoms with E-state index >= 15 is 0 Å². The Balaban J connectivity index is 1.48. The van der Waals surface area contributed by atoms with Crippen molar-refractivity contribution in [2.24, 2.45) is 0 Å². The molecule has 154 valence electrons. The zero-order valence-corrected chi connectivity index (χ0v) is 16.3. The number of imide groups is 1. The van der Waals surface area contributed by atoms with Crippen LogP contribution >= 0.6 is 11.8 Å². The van der Waals surface area contributed by atoms with Crippen LogP contribution in [0.25, 0.3) is 10.8 Å². The quantitative estimate of drug-likeness (QED) is 0.593. The first kappa shape index (κ1) is 20.3. The highest BCUT2D eigenvalue weighted by Crippen LogP contribution is 2.33. The van der Waals surface area contributed by atoms with Crippen molar-refractivity contribution in [2.75, 3.05) is 0 Å². The number of hydrogen-bond acceptors (Lipinski definition) is 4. The first-order valence-corrected chi connectivity index (χ1v) is 9.99. The molecule has 1 fully saturated rings. The molecule has 4 rings (SSSR count). The number of benzene rings is 3. The molecule has 0 bridgehead atoms. The van der Waals surface area contributed by atoms with Crippen LogP contribution in [0.1, 0.15) is 16.7 Å². The number of hydrogen-bond donors (Lipinski definition) is 1. The molecular formula is C22H16F3NO3S. The summed E-state index contributed by atoms with van der Waals surface area (Å²) in [6.07, 6.45) is -4.00. The maximum Gasteiger partial charge on any atom is 0.416 e. The molecule has 4 nitrogen and oxygen atoms in total. The van der Waals surface area contributed by atoms with Crippen LogP contribution in [-0.2, 0) is 24.0 Å². The van der Waals surface area contributed by atoms with E-state index in [1.165, 1.54) is 12.1 Å². The van der Waals surface area contributed by atoms with Crippen molar-refractivity contribution in [1.82, 2.24) is 5.32 Å². The maximum absolute atomic E-state index is 13.1. The largest absolute Gasteiger partial charge is 0.489 e. The molecule has 8 heteroatoms. The van der Waals surface area contributed by atoms with Gasteiger partial charge < -0.3 is 4.74 Å². The monoisotopic (exact) mass is 431 g/mol. The highest BCUT2D eigenvalue weighted by Gasteiger charge is 2.33. The number of ether oxygens (including phenoxy) is 1. The highest BCUT2D eigenvalue weighted by molar-refractivity contribution is 8.15. The summed E-state index contributed by atoms with van der Waals surface area (Å²) in [6.45, 7) is -0.193. The van der Waals surface area contributed by atoms with Gasteiger partial charge in [-0.15, -0.1) is 0 Å². The molecule has 1 atom stereocenters. The van der Waals surface area contributed by atoms with Gasteiger partial charge in [-0.3, -0.25) is 14.9 Å². The summed E-state index contributed by atoms with van der Waals surface area (Å²) in [5.74, 6) is 0.177. The van der Waals surface area contributed by atoms with Crippen LogP contribution in [0.5, 0.6) is 5.75 Å². The minimum absolute atomic E-state index is 0.0716. The molecule has 30 heavy (non-hydrogen) atoms. The van der Waals surface area contributed by atoms with Crippen molar-refractivity contribution < 1.29 is 27.5 Å². The summed E-state index contributed by atoms with van der Waals surface area (Å²) in [5, 5.41) is 3.27. The summed E-state index contributed by atoms with van der Waals surface area (Å²) in [7, 11) is 0. The van der Waals surface area contributed by atoms with E-state index in [-0.39, 0.29) is 23.3 Å². The van der Waals surface area contributed by atoms with Gasteiger partial charge in [0.25, 0.3) is 5.24 Å². The Morgan fingerprint density at radius 1 is 0.967 bits per heavy atom. The Morgan fingerprint density at radius 2 is 1.70 bits per heavy atom. The highest BCUT2D eigenvalue weighted by atomic mass is 32.2. The van der Waals surface area contributed by atoms with Gasteiger partial charge in [-0.25, -0.2) is 0 Å². The zero-order valence-electron chi connectivity index (χ0n) is 15.5. The molecule has 0 aliphatic carbocycles. The first-order chi connectivity index (χ1) is 14.3. The third kappa shape index (κ3) is 4.43. The Morgan fingerprint density at radius 3 is 2.43 bits per heavy atom. The van der Waals surface area contributed by atoms with E-state index in [1.807, 2.05) is 24.3 Å². The fourth-order valence-electron chi connectivity index (χ4n) is 3.32. The lowest BCUT2D eigenvalue weighted by Crippen LogP contribution is -2.25. The number of carbonyl (C=O) groups excluding carboxylic acids is 2. The molecule has 1 unspecified atom stereocenters. The molecule has 1 aliphatic heterocycles. The van der Waals surface area contributed by atoms with Gasteiger partial charge in [0, 0.05) is 5.56 Å². The smallest absolute Gasteiger partial charge is 0.416 e. The Kier molecular flexibility index (Phi) is 5.42. The van der Waals surface area contributed by atoms with Crippen LogP contribution in [0.4, 0.5) is 18.0 Å². The van der Waals surface area contributed by atoms with Crippen molar-refractivity contribution in [3.8, 4) is 5.75 Å². The molecule has 0 aromatic heterocycles. The van der Waals surface area contributed by atoms with E-state index < -0.39 is 17.0 Å². The summed E-state index contributed by atoms with van der Waals surface area (Å²) >= 11 is 0.984. The van der Waals surface area contributed by atoms with E-state index in [2.05, 4.69) is 5.32 Å². The zero-order chi connectivity index (χ0) is 21.3. The predicted octanol–water partition coefficient (Wildman–Crippen LogP) is 5.33. The normalized spacial score (nSPS) is 16.7. The SMILES string of the molecule is O=C1NC(=O)C(Cc2ccc3cc(OCc4ccccc4C(F)(F)F)ccc3c2)S1. The van der Waals surface area contributed by atoms with Crippen molar-refractivity contribution in [3.05, 3.63) is 77.4 Å². The Labute approximate surface area is 174 Å². The third-order valence-corrected chi connectivity index (χ3v) is 5.76. The van der Waals surface area contributed by atoms with Gasteiger partial charge in [-0.1, -0.05) is 54.2 Å². The fourth-order valence-corrected chi connectivity index (χ4v) is 4.18. The van der Waals surface area contributed by atoms with Gasteiger partial charge in [-0.05, 0) is 41.0 Å². The first-order valence-electron chi connectivity index (χ1n) is 9.12. The van der Waals surface area contributed by atoms with Gasteiger partial charge in [0.05, 0.1) is 10.8 Å². The van der Waals surface area contributed by atoms with Gasteiger partial charge in [-0.2, -0.15) is 13.2 Å². The number of fused-ring (bicyclic) bond motifs is 1. The van der Waals surface area contributed by atoms with Gasteiger partial charge in [0.1, 0.15) is 12.4 Å². The molecule has 0 saturated carbocycles. The number of alkyl halides is 3. The minimum Gasteiger partial charge on any atom is -0.489 e. The lowest BCUT2D eigenvalue weighted by Gasteiger charge is -2.14. The number of carbonyl (C=O) groups is 2.